The minimum Gasteiger partial charge on any atom is -0.321 e. The molecule has 0 spiro atoms. The van der Waals surface area contributed by atoms with Gasteiger partial charge in [-0.1, -0.05) is 23.7 Å². The number of rotatable bonds is 2. The van der Waals surface area contributed by atoms with Crippen LogP contribution in [0.1, 0.15) is 11.6 Å². The van der Waals surface area contributed by atoms with E-state index in [-0.39, 0.29) is 6.04 Å². The van der Waals surface area contributed by atoms with E-state index in [1.165, 1.54) is 0 Å². The average molecular weight is 169 g/mol. The van der Waals surface area contributed by atoms with Crippen molar-refractivity contribution in [1.82, 2.24) is 4.98 Å². The Labute approximate surface area is 70.7 Å². The van der Waals surface area contributed by atoms with Crippen LogP contribution in [0.4, 0.5) is 0 Å². The molecular weight excluding hydrogens is 160 g/mol. The van der Waals surface area contributed by atoms with Gasteiger partial charge in [0.1, 0.15) is 5.15 Å². The fourth-order valence-electron chi connectivity index (χ4n) is 0.721. The summed E-state index contributed by atoms with van der Waals surface area (Å²) in [6.07, 6.45) is 3.31. The maximum atomic E-state index is 5.64. The standard InChI is InChI=1S/C8H9ClN2/c1-2-7(10)6-3-4-8(9)11-5-6/h2-5,7H,1,10H2. The summed E-state index contributed by atoms with van der Waals surface area (Å²) < 4.78 is 0. The van der Waals surface area contributed by atoms with Gasteiger partial charge in [0.05, 0.1) is 0 Å². The molecule has 58 valence electrons. The van der Waals surface area contributed by atoms with Crippen LogP contribution in [-0.2, 0) is 0 Å². The summed E-state index contributed by atoms with van der Waals surface area (Å²) in [6, 6.07) is 3.39. The molecule has 2 nitrogen and oxygen atoms in total. The number of aromatic nitrogens is 1. The van der Waals surface area contributed by atoms with E-state index in [1.54, 1.807) is 18.3 Å². The van der Waals surface area contributed by atoms with Gasteiger partial charge in [0.2, 0.25) is 0 Å². The first-order chi connectivity index (χ1) is 5.24. The zero-order chi connectivity index (χ0) is 8.27. The lowest BCUT2D eigenvalue weighted by atomic mass is 10.1. The molecule has 1 aromatic rings. The van der Waals surface area contributed by atoms with Crippen LogP contribution in [0.2, 0.25) is 5.15 Å². The van der Waals surface area contributed by atoms with Gasteiger partial charge in [-0.15, -0.1) is 6.58 Å². The second-order valence-corrected chi connectivity index (χ2v) is 2.56. The van der Waals surface area contributed by atoms with Crippen molar-refractivity contribution in [2.45, 2.75) is 6.04 Å². The Morgan fingerprint density at radius 1 is 1.64 bits per heavy atom. The Hall–Kier alpha value is -0.860. The molecule has 0 radical (unpaired) electrons. The SMILES string of the molecule is C=CC(N)c1ccc(Cl)nc1. The highest BCUT2D eigenvalue weighted by Gasteiger charge is 1.99. The maximum Gasteiger partial charge on any atom is 0.129 e. The van der Waals surface area contributed by atoms with Crippen LogP contribution in [0, 0.1) is 0 Å². The highest BCUT2D eigenvalue weighted by atomic mass is 35.5. The van der Waals surface area contributed by atoms with Crippen LogP contribution >= 0.6 is 11.6 Å². The topological polar surface area (TPSA) is 38.9 Å². The molecule has 11 heavy (non-hydrogen) atoms. The summed E-state index contributed by atoms with van der Waals surface area (Å²) in [6.45, 7) is 3.57. The fourth-order valence-corrected chi connectivity index (χ4v) is 0.832. The van der Waals surface area contributed by atoms with Crippen molar-refractivity contribution in [2.24, 2.45) is 5.73 Å². The van der Waals surface area contributed by atoms with Crippen LogP contribution in [0.3, 0.4) is 0 Å². The van der Waals surface area contributed by atoms with E-state index in [2.05, 4.69) is 11.6 Å². The molecule has 1 aromatic heterocycles. The molecule has 0 aliphatic carbocycles. The summed E-state index contributed by atoms with van der Waals surface area (Å²) in [5.74, 6) is 0. The van der Waals surface area contributed by atoms with Crippen molar-refractivity contribution >= 4 is 11.6 Å². The van der Waals surface area contributed by atoms with Gasteiger partial charge in [0.15, 0.2) is 0 Å². The Morgan fingerprint density at radius 2 is 2.36 bits per heavy atom. The number of nitrogens with two attached hydrogens (primary N) is 1. The predicted molar refractivity (Wildman–Crippen MR) is 46.4 cm³/mol. The quantitative estimate of drug-likeness (QED) is 0.541. The Kier molecular flexibility index (Phi) is 2.63. The van der Waals surface area contributed by atoms with Gasteiger partial charge in [0.25, 0.3) is 0 Å². The average Bonchev–Trinajstić information content (AvgIpc) is 2.05. The van der Waals surface area contributed by atoms with Gasteiger partial charge in [-0.2, -0.15) is 0 Å². The molecule has 1 unspecified atom stereocenters. The lowest BCUT2D eigenvalue weighted by molar-refractivity contribution is 0.904. The number of pyridine rings is 1. The highest BCUT2D eigenvalue weighted by Crippen LogP contribution is 2.11. The summed E-state index contributed by atoms with van der Waals surface area (Å²) in [5.41, 5.74) is 6.56. The largest absolute Gasteiger partial charge is 0.321 e. The van der Waals surface area contributed by atoms with Crippen molar-refractivity contribution in [3.05, 3.63) is 41.7 Å². The minimum atomic E-state index is -0.153. The van der Waals surface area contributed by atoms with Gasteiger partial charge in [-0.25, -0.2) is 4.98 Å². The van der Waals surface area contributed by atoms with E-state index < -0.39 is 0 Å². The Bertz CT molecular complexity index is 243. The number of nitrogens with zero attached hydrogens (tertiary/aromatic N) is 1. The molecule has 1 heterocycles. The summed E-state index contributed by atoms with van der Waals surface area (Å²) in [4.78, 5) is 3.89. The number of hydrogen-bond donors (Lipinski definition) is 1. The molecule has 1 rings (SSSR count). The molecule has 0 saturated heterocycles. The molecule has 0 aliphatic rings. The summed E-state index contributed by atoms with van der Waals surface area (Å²) in [5, 5.41) is 0.477. The van der Waals surface area contributed by atoms with E-state index in [9.17, 15) is 0 Å². The van der Waals surface area contributed by atoms with E-state index >= 15 is 0 Å². The highest BCUT2D eigenvalue weighted by molar-refractivity contribution is 6.29. The molecule has 0 aromatic carbocycles. The molecule has 1 atom stereocenters. The zero-order valence-electron chi connectivity index (χ0n) is 6.00. The number of hydrogen-bond acceptors (Lipinski definition) is 2. The van der Waals surface area contributed by atoms with Crippen molar-refractivity contribution in [1.29, 1.82) is 0 Å². The van der Waals surface area contributed by atoms with E-state index in [1.807, 2.05) is 6.07 Å². The second kappa shape index (κ2) is 3.51. The van der Waals surface area contributed by atoms with E-state index in [4.69, 9.17) is 17.3 Å². The molecule has 0 bridgehead atoms. The molecule has 3 heteroatoms. The monoisotopic (exact) mass is 168 g/mol. The third-order valence-corrected chi connectivity index (χ3v) is 1.61. The smallest absolute Gasteiger partial charge is 0.129 e. The van der Waals surface area contributed by atoms with E-state index in [0.29, 0.717) is 5.15 Å². The first-order valence-electron chi connectivity index (χ1n) is 3.23. The molecule has 0 fully saturated rings. The molecule has 0 saturated carbocycles. The molecule has 2 N–H and O–H groups in total. The van der Waals surface area contributed by atoms with Gasteiger partial charge >= 0.3 is 0 Å². The van der Waals surface area contributed by atoms with Crippen LogP contribution < -0.4 is 5.73 Å². The zero-order valence-corrected chi connectivity index (χ0v) is 6.75. The normalized spacial score (nSPS) is 12.5. The summed E-state index contributed by atoms with van der Waals surface area (Å²) in [7, 11) is 0. The van der Waals surface area contributed by atoms with Gasteiger partial charge in [0, 0.05) is 12.2 Å². The minimum absolute atomic E-state index is 0.153. The third-order valence-electron chi connectivity index (χ3n) is 1.39. The maximum absolute atomic E-state index is 5.64. The van der Waals surface area contributed by atoms with Crippen LogP contribution in [0.5, 0.6) is 0 Å². The van der Waals surface area contributed by atoms with Crippen molar-refractivity contribution in [3.63, 3.8) is 0 Å². The van der Waals surface area contributed by atoms with Crippen LogP contribution in [0.15, 0.2) is 31.0 Å². The molecular formula is C8H9ClN2. The first kappa shape index (κ1) is 8.24. The summed E-state index contributed by atoms with van der Waals surface area (Å²) >= 11 is 5.58. The fraction of sp³-hybridized carbons (Fsp3) is 0.125. The van der Waals surface area contributed by atoms with Gasteiger partial charge in [-0.3, -0.25) is 0 Å². The third kappa shape index (κ3) is 2.03. The number of halogens is 1. The second-order valence-electron chi connectivity index (χ2n) is 2.18. The lowest BCUT2D eigenvalue weighted by Crippen LogP contribution is -2.06. The Balaban J connectivity index is 2.89. The molecule has 0 amide bonds. The van der Waals surface area contributed by atoms with Crippen LogP contribution in [0.25, 0.3) is 0 Å². The lowest BCUT2D eigenvalue weighted by Gasteiger charge is -2.04. The Morgan fingerprint density at radius 3 is 2.82 bits per heavy atom. The van der Waals surface area contributed by atoms with Crippen molar-refractivity contribution in [2.75, 3.05) is 0 Å². The predicted octanol–water partition coefficient (Wildman–Crippen LogP) is 1.92. The van der Waals surface area contributed by atoms with E-state index in [0.717, 1.165) is 5.56 Å². The van der Waals surface area contributed by atoms with Crippen LogP contribution in [-0.4, -0.2) is 4.98 Å². The van der Waals surface area contributed by atoms with Crippen molar-refractivity contribution in [3.8, 4) is 0 Å². The molecule has 0 aliphatic heterocycles. The van der Waals surface area contributed by atoms with Gasteiger partial charge in [-0.05, 0) is 11.6 Å². The first-order valence-corrected chi connectivity index (χ1v) is 3.61. The van der Waals surface area contributed by atoms with Crippen molar-refractivity contribution < 1.29 is 0 Å². The van der Waals surface area contributed by atoms with Gasteiger partial charge < -0.3 is 5.73 Å².